The second kappa shape index (κ2) is 9.05. The third kappa shape index (κ3) is 4.46. The second-order valence-corrected chi connectivity index (χ2v) is 9.42. The van der Waals surface area contributed by atoms with E-state index in [-0.39, 0.29) is 17.8 Å². The summed E-state index contributed by atoms with van der Waals surface area (Å²) >= 11 is 1.56. The average molecular weight is 455 g/mol. The molecule has 2 N–H and O–H groups in total. The normalized spacial score (nSPS) is 20.7. The molecule has 1 aliphatic heterocycles. The molecule has 1 amide bonds. The second-order valence-electron chi connectivity index (χ2n) is 8.51. The molecule has 0 saturated heterocycles. The van der Waals surface area contributed by atoms with Gasteiger partial charge in [-0.1, -0.05) is 54.1 Å². The Labute approximate surface area is 198 Å². The van der Waals surface area contributed by atoms with Gasteiger partial charge in [0.25, 0.3) is 0 Å². The molecule has 6 heteroatoms. The summed E-state index contributed by atoms with van der Waals surface area (Å²) in [5.74, 6) is -0.198. The first-order valence-electron chi connectivity index (χ1n) is 10.8. The van der Waals surface area contributed by atoms with Crippen LogP contribution in [0.15, 0.2) is 71.0 Å². The van der Waals surface area contributed by atoms with E-state index in [1.807, 2.05) is 42.6 Å². The third-order valence-electron chi connectivity index (χ3n) is 6.15. The molecule has 0 spiro atoms. The highest BCUT2D eigenvalue weighted by molar-refractivity contribution is 7.10. The van der Waals surface area contributed by atoms with Crippen molar-refractivity contribution in [1.82, 2.24) is 4.90 Å². The van der Waals surface area contributed by atoms with Crippen molar-refractivity contribution in [3.05, 3.63) is 87.6 Å². The Hall–Kier alpha value is -3.69. The number of nitrogens with two attached hydrogens (primary N) is 1. The maximum atomic E-state index is 13.3. The molecule has 2 atom stereocenters. The number of rotatable bonds is 5. The van der Waals surface area contributed by atoms with Gasteiger partial charge in [-0.3, -0.25) is 9.69 Å². The highest BCUT2D eigenvalue weighted by Gasteiger charge is 2.46. The van der Waals surface area contributed by atoms with Crippen LogP contribution in [-0.2, 0) is 10.3 Å². The molecule has 166 valence electrons. The Morgan fingerprint density at radius 3 is 2.76 bits per heavy atom. The predicted molar refractivity (Wildman–Crippen MR) is 135 cm³/mol. The number of nitrogens with zero attached hydrogens (tertiary/aromatic N) is 3. The van der Waals surface area contributed by atoms with Crippen molar-refractivity contribution in [2.24, 2.45) is 16.6 Å². The van der Waals surface area contributed by atoms with Crippen LogP contribution in [-0.4, -0.2) is 23.8 Å². The fraction of sp³-hybridized carbons (Fsp3) is 0.222. The van der Waals surface area contributed by atoms with E-state index in [1.54, 1.807) is 24.5 Å². The van der Waals surface area contributed by atoms with Crippen molar-refractivity contribution in [2.75, 3.05) is 7.05 Å². The largest absolute Gasteiger partial charge is 0.369 e. The number of hydrogen-bond acceptors (Lipinski definition) is 5. The van der Waals surface area contributed by atoms with Crippen LogP contribution in [0.2, 0.25) is 0 Å². The number of aryl methyl sites for hydroxylation is 1. The number of allylic oxidation sites excluding steroid dienone is 1. The van der Waals surface area contributed by atoms with Gasteiger partial charge < -0.3 is 5.73 Å². The number of carbonyl (C=O) groups is 1. The van der Waals surface area contributed by atoms with E-state index in [0.717, 1.165) is 21.6 Å². The molecule has 33 heavy (non-hydrogen) atoms. The van der Waals surface area contributed by atoms with Gasteiger partial charge in [0.1, 0.15) is 5.54 Å². The monoisotopic (exact) mass is 454 g/mol. The highest BCUT2D eigenvalue weighted by Crippen LogP contribution is 2.44. The molecule has 0 saturated carbocycles. The van der Waals surface area contributed by atoms with Gasteiger partial charge in [-0.2, -0.15) is 5.26 Å². The smallest absolute Gasteiger partial charge is 0.235 e. The van der Waals surface area contributed by atoms with Crippen molar-refractivity contribution < 1.29 is 4.79 Å². The Balaban J connectivity index is 1.68. The summed E-state index contributed by atoms with van der Waals surface area (Å²) in [5.41, 5.74) is 10.2. The Bertz CT molecular complexity index is 1300. The molecule has 3 aromatic rings. The van der Waals surface area contributed by atoms with Crippen molar-refractivity contribution >= 4 is 29.3 Å². The quantitative estimate of drug-likeness (QED) is 0.567. The number of aliphatic imine (C=N–C) groups is 1. The average Bonchev–Trinajstić information content (AvgIpc) is 3.31. The van der Waals surface area contributed by atoms with Gasteiger partial charge in [0.05, 0.1) is 17.6 Å². The van der Waals surface area contributed by atoms with Crippen molar-refractivity contribution in [2.45, 2.75) is 25.8 Å². The summed E-state index contributed by atoms with van der Waals surface area (Å²) in [6, 6.07) is 20.0. The molecule has 5 nitrogen and oxygen atoms in total. The maximum absolute atomic E-state index is 13.3. The molecule has 0 fully saturated rings. The van der Waals surface area contributed by atoms with Crippen molar-refractivity contribution in [3.8, 4) is 17.2 Å². The lowest BCUT2D eigenvalue weighted by molar-refractivity contribution is -0.133. The molecule has 0 aliphatic carbocycles. The van der Waals surface area contributed by atoms with Crippen LogP contribution in [0.5, 0.6) is 0 Å². The summed E-state index contributed by atoms with van der Waals surface area (Å²) in [7, 11) is 1.67. The van der Waals surface area contributed by atoms with Gasteiger partial charge in [0.15, 0.2) is 5.96 Å². The molecule has 4 rings (SSSR count). The van der Waals surface area contributed by atoms with Crippen LogP contribution in [0.25, 0.3) is 17.2 Å². The molecule has 0 bridgehead atoms. The Morgan fingerprint density at radius 1 is 1.21 bits per heavy atom. The van der Waals surface area contributed by atoms with E-state index < -0.39 is 5.54 Å². The third-order valence-corrected chi connectivity index (χ3v) is 7.30. The van der Waals surface area contributed by atoms with E-state index in [1.165, 1.54) is 10.5 Å². The van der Waals surface area contributed by atoms with Crippen LogP contribution in [0.1, 0.15) is 34.9 Å². The van der Waals surface area contributed by atoms with Crippen LogP contribution in [0, 0.1) is 24.2 Å². The standard InChI is InChI=1S/C27H26N4OS/c1-18-7-4-8-19(13-18)9-6-12-23-25(32)31(3)26(29)30-27(23,2)24-15-22(17-33-24)21-11-5-10-20(14-21)16-28/h4-11,13-15,17,23H,12H2,1-3H3,(H2,29,30)/t23?,27-/m0/s1. The fourth-order valence-electron chi connectivity index (χ4n) is 4.17. The first-order valence-corrected chi connectivity index (χ1v) is 11.7. The van der Waals surface area contributed by atoms with E-state index in [9.17, 15) is 10.1 Å². The maximum Gasteiger partial charge on any atom is 0.235 e. The summed E-state index contributed by atoms with van der Waals surface area (Å²) in [4.78, 5) is 20.5. The van der Waals surface area contributed by atoms with Crippen LogP contribution in [0.4, 0.5) is 0 Å². The van der Waals surface area contributed by atoms with Gasteiger partial charge in [-0.05, 0) is 60.5 Å². The number of thiophene rings is 1. The summed E-state index contributed by atoms with van der Waals surface area (Å²) in [5, 5.41) is 11.3. The lowest BCUT2D eigenvalue weighted by Gasteiger charge is -2.39. The van der Waals surface area contributed by atoms with Crippen molar-refractivity contribution in [3.63, 3.8) is 0 Å². The van der Waals surface area contributed by atoms with E-state index in [0.29, 0.717) is 12.0 Å². The molecule has 1 aliphatic rings. The van der Waals surface area contributed by atoms with Crippen LogP contribution >= 0.6 is 11.3 Å². The van der Waals surface area contributed by atoms with E-state index in [4.69, 9.17) is 10.7 Å². The zero-order valence-electron chi connectivity index (χ0n) is 18.9. The zero-order chi connectivity index (χ0) is 23.6. The predicted octanol–water partition coefficient (Wildman–Crippen LogP) is 5.32. The highest BCUT2D eigenvalue weighted by atomic mass is 32.1. The molecular weight excluding hydrogens is 428 g/mol. The molecule has 1 unspecified atom stereocenters. The van der Waals surface area contributed by atoms with Crippen molar-refractivity contribution in [1.29, 1.82) is 5.26 Å². The molecular formula is C27H26N4OS. The SMILES string of the molecule is Cc1cccc(C=CCC2C(=O)N(C)C(N)=N[C@]2(C)c2cc(-c3cccc(C#N)c3)cs2)c1. The molecule has 2 heterocycles. The minimum Gasteiger partial charge on any atom is -0.369 e. The van der Waals surface area contributed by atoms with E-state index in [2.05, 4.69) is 43.3 Å². The zero-order valence-corrected chi connectivity index (χ0v) is 19.8. The van der Waals surface area contributed by atoms with Gasteiger partial charge in [0.2, 0.25) is 5.91 Å². The molecule has 1 aromatic heterocycles. The topological polar surface area (TPSA) is 82.5 Å². The number of hydrogen-bond donors (Lipinski definition) is 1. The Kier molecular flexibility index (Phi) is 6.17. The van der Waals surface area contributed by atoms with E-state index >= 15 is 0 Å². The van der Waals surface area contributed by atoms with Gasteiger partial charge in [-0.25, -0.2) is 4.99 Å². The summed E-state index contributed by atoms with van der Waals surface area (Å²) in [6.45, 7) is 4.05. The number of carbonyl (C=O) groups excluding carboxylic acids is 1. The van der Waals surface area contributed by atoms with Gasteiger partial charge in [0, 0.05) is 11.9 Å². The molecule has 0 radical (unpaired) electrons. The molecule has 2 aromatic carbocycles. The summed E-state index contributed by atoms with van der Waals surface area (Å²) < 4.78 is 0. The lowest BCUT2D eigenvalue weighted by Crippen LogP contribution is -2.53. The Morgan fingerprint density at radius 2 is 2.00 bits per heavy atom. The van der Waals surface area contributed by atoms with Gasteiger partial charge in [-0.15, -0.1) is 11.3 Å². The first kappa shape index (κ1) is 22.5. The minimum atomic E-state index is -0.777. The van der Waals surface area contributed by atoms with Gasteiger partial charge >= 0.3 is 0 Å². The van der Waals surface area contributed by atoms with Crippen LogP contribution < -0.4 is 5.73 Å². The number of nitriles is 1. The lowest BCUT2D eigenvalue weighted by atomic mass is 9.79. The number of amides is 1. The van der Waals surface area contributed by atoms with Crippen LogP contribution in [0.3, 0.4) is 0 Å². The number of benzene rings is 2. The summed E-state index contributed by atoms with van der Waals surface area (Å²) in [6.07, 6.45) is 4.64. The first-order chi connectivity index (χ1) is 15.8. The fourth-order valence-corrected chi connectivity index (χ4v) is 5.25. The minimum absolute atomic E-state index is 0.0414. The number of guanidine groups is 1.